The molecule has 0 aliphatic rings. The first-order valence-electron chi connectivity index (χ1n) is 4.72. The van der Waals surface area contributed by atoms with Crippen LogP contribution in [0.15, 0.2) is 12.1 Å². The Hall–Kier alpha value is -1.84. The minimum absolute atomic E-state index is 0.0277. The highest BCUT2D eigenvalue weighted by Gasteiger charge is 2.48. The fourth-order valence-corrected chi connectivity index (χ4v) is 1.75. The SMILES string of the molecule is Cc1c(OS(=O)(=O)C(F)(F)F)ccc([N+](=O)[O-])c1C. The molecule has 19 heavy (non-hydrogen) atoms. The minimum Gasteiger partial charge on any atom is -0.376 e. The summed E-state index contributed by atoms with van der Waals surface area (Å²) < 4.78 is 62.0. The van der Waals surface area contributed by atoms with E-state index < -0.39 is 26.3 Å². The Morgan fingerprint density at radius 3 is 2.16 bits per heavy atom. The molecule has 10 heteroatoms. The van der Waals surface area contributed by atoms with Crippen molar-refractivity contribution in [2.24, 2.45) is 0 Å². The van der Waals surface area contributed by atoms with Crippen LogP contribution in [0.3, 0.4) is 0 Å². The molecule has 0 aliphatic heterocycles. The van der Waals surface area contributed by atoms with Crippen LogP contribution in [-0.4, -0.2) is 18.8 Å². The van der Waals surface area contributed by atoms with Gasteiger partial charge in [-0.3, -0.25) is 10.1 Å². The van der Waals surface area contributed by atoms with Gasteiger partial charge in [-0.1, -0.05) is 0 Å². The van der Waals surface area contributed by atoms with Crippen molar-refractivity contribution in [3.8, 4) is 5.75 Å². The summed E-state index contributed by atoms with van der Waals surface area (Å²) in [5, 5.41) is 10.6. The van der Waals surface area contributed by atoms with E-state index in [1.165, 1.54) is 13.8 Å². The van der Waals surface area contributed by atoms with Crippen molar-refractivity contribution in [2.45, 2.75) is 19.4 Å². The molecule has 0 N–H and O–H groups in total. The fraction of sp³-hybridized carbons (Fsp3) is 0.333. The number of benzene rings is 1. The third kappa shape index (κ3) is 2.95. The van der Waals surface area contributed by atoms with E-state index >= 15 is 0 Å². The topological polar surface area (TPSA) is 86.5 Å². The largest absolute Gasteiger partial charge is 0.534 e. The molecule has 0 aromatic heterocycles. The van der Waals surface area contributed by atoms with Gasteiger partial charge in [0.15, 0.2) is 0 Å². The van der Waals surface area contributed by atoms with E-state index in [-0.39, 0.29) is 16.8 Å². The van der Waals surface area contributed by atoms with Crippen molar-refractivity contribution in [3.05, 3.63) is 33.4 Å². The molecule has 0 radical (unpaired) electrons. The predicted molar refractivity (Wildman–Crippen MR) is 58.2 cm³/mol. The highest BCUT2D eigenvalue weighted by molar-refractivity contribution is 7.88. The number of rotatable bonds is 3. The molecule has 0 aliphatic carbocycles. The molecule has 0 atom stereocenters. The van der Waals surface area contributed by atoms with Gasteiger partial charge >= 0.3 is 15.6 Å². The molecule has 1 rings (SSSR count). The quantitative estimate of drug-likeness (QED) is 0.370. The van der Waals surface area contributed by atoms with Gasteiger partial charge in [-0.2, -0.15) is 21.6 Å². The summed E-state index contributed by atoms with van der Waals surface area (Å²) in [6, 6.07) is 1.69. The van der Waals surface area contributed by atoms with Crippen LogP contribution in [0.4, 0.5) is 18.9 Å². The van der Waals surface area contributed by atoms with Gasteiger partial charge in [0.05, 0.1) is 4.92 Å². The minimum atomic E-state index is -5.79. The summed E-state index contributed by atoms with van der Waals surface area (Å²) in [6.07, 6.45) is 0. The molecule has 106 valence electrons. The van der Waals surface area contributed by atoms with Crippen molar-refractivity contribution in [1.82, 2.24) is 0 Å². The Kier molecular flexibility index (Phi) is 3.75. The first-order chi connectivity index (χ1) is 8.47. The molecule has 1 aromatic rings. The average molecular weight is 299 g/mol. The Balaban J connectivity index is 3.27. The Labute approximate surface area is 106 Å². The zero-order chi connectivity index (χ0) is 15.0. The Morgan fingerprint density at radius 2 is 1.74 bits per heavy atom. The zero-order valence-electron chi connectivity index (χ0n) is 9.69. The van der Waals surface area contributed by atoms with E-state index in [9.17, 15) is 31.7 Å². The monoisotopic (exact) mass is 299 g/mol. The average Bonchev–Trinajstić information content (AvgIpc) is 2.22. The van der Waals surface area contributed by atoms with Crippen LogP contribution in [0.25, 0.3) is 0 Å². The zero-order valence-corrected chi connectivity index (χ0v) is 10.5. The van der Waals surface area contributed by atoms with Crippen LogP contribution in [0.1, 0.15) is 11.1 Å². The number of hydrogen-bond acceptors (Lipinski definition) is 5. The maximum absolute atomic E-state index is 12.1. The van der Waals surface area contributed by atoms with Crippen molar-refractivity contribution in [1.29, 1.82) is 0 Å². The maximum Gasteiger partial charge on any atom is 0.534 e. The van der Waals surface area contributed by atoms with E-state index in [4.69, 9.17) is 0 Å². The lowest BCUT2D eigenvalue weighted by atomic mass is 10.1. The molecule has 0 unspecified atom stereocenters. The normalized spacial score (nSPS) is 12.3. The van der Waals surface area contributed by atoms with Crippen molar-refractivity contribution >= 4 is 15.8 Å². The molecule has 0 bridgehead atoms. The summed E-state index contributed by atoms with van der Waals surface area (Å²) in [4.78, 5) is 9.86. The van der Waals surface area contributed by atoms with Crippen molar-refractivity contribution in [2.75, 3.05) is 0 Å². The van der Waals surface area contributed by atoms with Crippen LogP contribution in [0, 0.1) is 24.0 Å². The van der Waals surface area contributed by atoms with Crippen LogP contribution < -0.4 is 4.18 Å². The Bertz CT molecular complexity index is 623. The van der Waals surface area contributed by atoms with Crippen LogP contribution >= 0.6 is 0 Å². The van der Waals surface area contributed by atoms with Gasteiger partial charge in [-0.15, -0.1) is 0 Å². The van der Waals surface area contributed by atoms with E-state index in [2.05, 4.69) is 4.18 Å². The Morgan fingerprint density at radius 1 is 1.21 bits per heavy atom. The van der Waals surface area contributed by atoms with Crippen LogP contribution in [-0.2, 0) is 10.1 Å². The van der Waals surface area contributed by atoms with E-state index in [0.717, 1.165) is 12.1 Å². The number of alkyl halides is 3. The summed E-state index contributed by atoms with van der Waals surface area (Å²) >= 11 is 0. The third-order valence-electron chi connectivity index (χ3n) is 2.39. The maximum atomic E-state index is 12.1. The second-order valence-electron chi connectivity index (χ2n) is 3.57. The molecular formula is C9H8F3NO5S. The molecule has 0 saturated heterocycles. The van der Waals surface area contributed by atoms with E-state index in [0.29, 0.717) is 0 Å². The van der Waals surface area contributed by atoms with Gasteiger partial charge in [0, 0.05) is 17.2 Å². The second kappa shape index (κ2) is 4.68. The number of halogens is 3. The van der Waals surface area contributed by atoms with Gasteiger partial charge in [0.2, 0.25) is 0 Å². The molecule has 0 spiro atoms. The second-order valence-corrected chi connectivity index (χ2v) is 5.11. The van der Waals surface area contributed by atoms with Crippen molar-refractivity contribution < 1.29 is 30.7 Å². The van der Waals surface area contributed by atoms with Gasteiger partial charge in [0.25, 0.3) is 5.69 Å². The first kappa shape index (κ1) is 15.2. The number of nitro benzene ring substituents is 1. The third-order valence-corrected chi connectivity index (χ3v) is 3.35. The molecule has 0 fully saturated rings. The highest BCUT2D eigenvalue weighted by Crippen LogP contribution is 2.33. The van der Waals surface area contributed by atoms with Gasteiger partial charge in [-0.05, 0) is 19.9 Å². The number of nitro groups is 1. The summed E-state index contributed by atoms with van der Waals surface area (Å²) in [5.41, 5.74) is -5.93. The first-order valence-corrected chi connectivity index (χ1v) is 6.13. The molecule has 0 heterocycles. The molecular weight excluding hydrogens is 291 g/mol. The van der Waals surface area contributed by atoms with Crippen LogP contribution in [0.5, 0.6) is 5.75 Å². The van der Waals surface area contributed by atoms with Gasteiger partial charge < -0.3 is 4.18 Å². The lowest BCUT2D eigenvalue weighted by Crippen LogP contribution is -2.28. The van der Waals surface area contributed by atoms with Gasteiger partial charge in [-0.25, -0.2) is 0 Å². The molecule has 6 nitrogen and oxygen atoms in total. The summed E-state index contributed by atoms with van der Waals surface area (Å²) in [6.45, 7) is 2.50. The predicted octanol–water partition coefficient (Wildman–Crippen LogP) is 2.44. The van der Waals surface area contributed by atoms with E-state index in [1.807, 2.05) is 0 Å². The fourth-order valence-electron chi connectivity index (χ4n) is 1.24. The lowest BCUT2D eigenvalue weighted by Gasteiger charge is -2.12. The van der Waals surface area contributed by atoms with Gasteiger partial charge in [0.1, 0.15) is 5.75 Å². The molecule has 0 saturated carbocycles. The van der Waals surface area contributed by atoms with Crippen molar-refractivity contribution in [3.63, 3.8) is 0 Å². The standard InChI is InChI=1S/C9H8F3NO5S/c1-5-6(2)8(4-3-7(5)13(14)15)18-19(16,17)9(10,11)12/h3-4H,1-2H3. The smallest absolute Gasteiger partial charge is 0.376 e. The van der Waals surface area contributed by atoms with E-state index in [1.54, 1.807) is 0 Å². The van der Waals surface area contributed by atoms with Crippen LogP contribution in [0.2, 0.25) is 0 Å². The number of nitrogens with zero attached hydrogens (tertiary/aromatic N) is 1. The summed E-state index contributed by atoms with van der Waals surface area (Å²) in [5.74, 6) is -0.597. The highest BCUT2D eigenvalue weighted by atomic mass is 32.2. The summed E-state index contributed by atoms with van der Waals surface area (Å²) in [7, 11) is -5.79. The lowest BCUT2D eigenvalue weighted by molar-refractivity contribution is -0.385. The number of hydrogen-bond donors (Lipinski definition) is 0. The molecule has 1 aromatic carbocycles. The molecule has 0 amide bonds.